The number of hydrogen-bond acceptors (Lipinski definition) is 5. The molecule has 10 heteroatoms. The number of hydrogen-bond donors (Lipinski definition) is 1. The number of anilines is 1. The molecule has 0 aliphatic heterocycles. The highest BCUT2D eigenvalue weighted by Crippen LogP contribution is 2.32. The highest BCUT2D eigenvalue weighted by Gasteiger charge is 2.35. The number of fused-ring (bicyclic) bond motifs is 1. The molecule has 3 heterocycles. The van der Waals surface area contributed by atoms with E-state index in [1.54, 1.807) is 11.0 Å². The predicted molar refractivity (Wildman–Crippen MR) is 126 cm³/mol. The molecule has 5 aromatic rings. The van der Waals surface area contributed by atoms with Crippen molar-refractivity contribution in [3.8, 4) is 22.6 Å². The van der Waals surface area contributed by atoms with Gasteiger partial charge in [-0.3, -0.25) is 14.0 Å². The Morgan fingerprint density at radius 1 is 1.03 bits per heavy atom. The molecule has 0 saturated heterocycles. The van der Waals surface area contributed by atoms with E-state index >= 15 is 0 Å². The molecule has 33 heavy (non-hydrogen) atoms. The third kappa shape index (κ3) is 3.68. The van der Waals surface area contributed by atoms with Crippen molar-refractivity contribution >= 4 is 26.7 Å². The summed E-state index contributed by atoms with van der Waals surface area (Å²) in [6, 6.07) is 15.5. The molecule has 0 radical (unpaired) electrons. The highest BCUT2D eigenvalue weighted by atomic mass is 32.2. The summed E-state index contributed by atoms with van der Waals surface area (Å²) in [7, 11) is -1.56. The molecule has 1 fully saturated rings. The van der Waals surface area contributed by atoms with Gasteiger partial charge < -0.3 is 4.57 Å². The van der Waals surface area contributed by atoms with Crippen molar-refractivity contribution in [3.05, 3.63) is 73.4 Å². The summed E-state index contributed by atoms with van der Waals surface area (Å²) in [6.45, 7) is 0. The summed E-state index contributed by atoms with van der Waals surface area (Å²) in [5, 5.41) is 7.87. The van der Waals surface area contributed by atoms with Crippen LogP contribution in [0.15, 0.2) is 73.4 Å². The Balaban J connectivity index is 1.45. The third-order valence-corrected chi connectivity index (χ3v) is 7.62. The maximum atomic E-state index is 12.6. The number of aryl methyl sites for hydroxylation is 1. The lowest BCUT2D eigenvalue weighted by atomic mass is 10.1. The van der Waals surface area contributed by atoms with E-state index in [2.05, 4.69) is 20.0 Å². The van der Waals surface area contributed by atoms with Gasteiger partial charge in [-0.05, 0) is 55.3 Å². The molecule has 2 aromatic carbocycles. The van der Waals surface area contributed by atoms with E-state index in [1.807, 2.05) is 83.3 Å². The molecule has 0 bridgehead atoms. The summed E-state index contributed by atoms with van der Waals surface area (Å²) in [5.41, 5.74) is 5.61. The average Bonchev–Trinajstić information content (AvgIpc) is 3.19. The number of nitrogens with zero attached hydrogens (tertiary/aromatic N) is 6. The lowest BCUT2D eigenvalue weighted by Crippen LogP contribution is -2.17. The number of imidazole rings is 1. The largest absolute Gasteiger partial charge is 0.324 e. The number of benzene rings is 2. The van der Waals surface area contributed by atoms with Gasteiger partial charge in [0.15, 0.2) is 0 Å². The van der Waals surface area contributed by atoms with Crippen molar-refractivity contribution < 1.29 is 8.42 Å². The van der Waals surface area contributed by atoms with Crippen molar-refractivity contribution in [2.45, 2.75) is 18.1 Å². The van der Waals surface area contributed by atoms with E-state index in [0.717, 1.165) is 33.7 Å². The van der Waals surface area contributed by atoms with Crippen LogP contribution in [-0.4, -0.2) is 42.8 Å². The van der Waals surface area contributed by atoms with E-state index in [9.17, 15) is 8.42 Å². The van der Waals surface area contributed by atoms with Gasteiger partial charge in [0.2, 0.25) is 10.0 Å². The van der Waals surface area contributed by atoms with Gasteiger partial charge in [0.05, 0.1) is 33.9 Å². The second kappa shape index (κ2) is 7.31. The molecule has 166 valence electrons. The molecule has 0 unspecified atom stereocenters. The Kier molecular flexibility index (Phi) is 4.37. The van der Waals surface area contributed by atoms with Crippen LogP contribution < -0.4 is 4.72 Å². The van der Waals surface area contributed by atoms with Crippen molar-refractivity contribution in [1.82, 2.24) is 29.1 Å². The van der Waals surface area contributed by atoms with Gasteiger partial charge in [0, 0.05) is 30.7 Å². The first-order chi connectivity index (χ1) is 16.0. The van der Waals surface area contributed by atoms with Gasteiger partial charge in [-0.15, -0.1) is 5.10 Å². The molecular weight excluding hydrogens is 438 g/mol. The van der Waals surface area contributed by atoms with E-state index in [0.29, 0.717) is 18.5 Å². The SMILES string of the molecule is Cn1cc(-c2ccc3c(c2)ncn3-c2cc(NS(=O)(=O)C3CC3)cc(-n3cccc3)c2)nn1. The highest BCUT2D eigenvalue weighted by molar-refractivity contribution is 7.93. The van der Waals surface area contributed by atoms with Crippen molar-refractivity contribution in [2.24, 2.45) is 7.05 Å². The van der Waals surface area contributed by atoms with Crippen LogP contribution in [0.1, 0.15) is 12.8 Å². The second-order valence-corrected chi connectivity index (χ2v) is 10.2. The van der Waals surface area contributed by atoms with Crippen LogP contribution in [-0.2, 0) is 17.1 Å². The van der Waals surface area contributed by atoms with Gasteiger partial charge in [-0.1, -0.05) is 11.3 Å². The van der Waals surface area contributed by atoms with Crippen molar-refractivity contribution in [2.75, 3.05) is 4.72 Å². The fraction of sp³-hybridized carbons (Fsp3) is 0.174. The third-order valence-electron chi connectivity index (χ3n) is 5.75. The Morgan fingerprint density at radius 2 is 1.82 bits per heavy atom. The number of aromatic nitrogens is 6. The summed E-state index contributed by atoms with van der Waals surface area (Å²) in [4.78, 5) is 4.59. The lowest BCUT2D eigenvalue weighted by Gasteiger charge is -2.14. The lowest BCUT2D eigenvalue weighted by molar-refractivity contribution is 0.600. The Labute approximate surface area is 190 Å². The average molecular weight is 460 g/mol. The topological polar surface area (TPSA) is 99.6 Å². The maximum absolute atomic E-state index is 12.6. The summed E-state index contributed by atoms with van der Waals surface area (Å²) in [5.74, 6) is 0. The quantitative estimate of drug-likeness (QED) is 0.419. The predicted octanol–water partition coefficient (Wildman–Crippen LogP) is 3.52. The number of rotatable bonds is 6. The zero-order valence-corrected chi connectivity index (χ0v) is 18.6. The van der Waals surface area contributed by atoms with Gasteiger partial charge in [0.25, 0.3) is 0 Å². The van der Waals surface area contributed by atoms with Crippen LogP contribution in [0.5, 0.6) is 0 Å². The number of nitrogens with one attached hydrogen (secondary N) is 1. The van der Waals surface area contributed by atoms with Crippen LogP contribution in [0.4, 0.5) is 5.69 Å². The van der Waals surface area contributed by atoms with Gasteiger partial charge in [-0.2, -0.15) is 0 Å². The van der Waals surface area contributed by atoms with Crippen molar-refractivity contribution in [1.29, 1.82) is 0 Å². The second-order valence-electron chi connectivity index (χ2n) is 8.27. The molecule has 1 N–H and O–H groups in total. The summed E-state index contributed by atoms with van der Waals surface area (Å²) in [6.07, 6.45) is 8.88. The van der Waals surface area contributed by atoms with Crippen LogP contribution in [0, 0.1) is 0 Å². The van der Waals surface area contributed by atoms with E-state index in [4.69, 9.17) is 0 Å². The van der Waals surface area contributed by atoms with E-state index in [-0.39, 0.29) is 5.25 Å². The molecule has 0 atom stereocenters. The first kappa shape index (κ1) is 19.7. The Morgan fingerprint density at radius 3 is 2.55 bits per heavy atom. The Hall–Kier alpha value is -3.92. The Bertz CT molecular complexity index is 1580. The first-order valence-corrected chi connectivity index (χ1v) is 12.2. The summed E-state index contributed by atoms with van der Waals surface area (Å²) >= 11 is 0. The fourth-order valence-electron chi connectivity index (χ4n) is 3.93. The number of sulfonamides is 1. The minimum atomic E-state index is -3.39. The molecule has 1 aliphatic rings. The van der Waals surface area contributed by atoms with E-state index < -0.39 is 10.0 Å². The minimum absolute atomic E-state index is 0.301. The van der Waals surface area contributed by atoms with Crippen LogP contribution in [0.2, 0.25) is 0 Å². The van der Waals surface area contributed by atoms with Gasteiger partial charge in [0.1, 0.15) is 12.0 Å². The van der Waals surface area contributed by atoms with E-state index in [1.165, 1.54) is 0 Å². The molecule has 0 amide bonds. The molecule has 9 nitrogen and oxygen atoms in total. The van der Waals surface area contributed by atoms with Crippen LogP contribution >= 0.6 is 0 Å². The van der Waals surface area contributed by atoms with Crippen LogP contribution in [0.3, 0.4) is 0 Å². The standard InChI is InChI=1S/C23H21N7O2S/c1-28-14-22(25-27-28)16-4-7-23-21(10-16)24-15-30(23)19-12-17(26-33(31,32)20-5-6-20)11-18(13-19)29-8-2-3-9-29/h2-4,7-15,20,26H,5-6H2,1H3. The van der Waals surface area contributed by atoms with Crippen LogP contribution in [0.25, 0.3) is 33.7 Å². The monoisotopic (exact) mass is 459 g/mol. The smallest absolute Gasteiger partial charge is 0.235 e. The summed E-state index contributed by atoms with van der Waals surface area (Å²) < 4.78 is 33.5. The zero-order chi connectivity index (χ0) is 22.6. The van der Waals surface area contributed by atoms with Crippen molar-refractivity contribution in [3.63, 3.8) is 0 Å². The molecule has 1 saturated carbocycles. The normalized spacial score (nSPS) is 14.1. The van der Waals surface area contributed by atoms with Gasteiger partial charge in [-0.25, -0.2) is 13.4 Å². The van der Waals surface area contributed by atoms with Gasteiger partial charge >= 0.3 is 0 Å². The maximum Gasteiger partial charge on any atom is 0.235 e. The fourth-order valence-corrected chi connectivity index (χ4v) is 5.30. The molecule has 0 spiro atoms. The molecular formula is C23H21N7O2S. The molecule has 3 aromatic heterocycles. The molecule has 6 rings (SSSR count). The first-order valence-electron chi connectivity index (χ1n) is 10.6. The zero-order valence-electron chi connectivity index (χ0n) is 17.8. The molecule has 1 aliphatic carbocycles. The minimum Gasteiger partial charge on any atom is -0.324 e.